The van der Waals surface area contributed by atoms with Gasteiger partial charge in [-0.1, -0.05) is 20.8 Å². The number of thioether (sulfide) groups is 1. The van der Waals surface area contributed by atoms with Crippen LogP contribution in [0, 0.1) is 11.3 Å². The Hall–Kier alpha value is -1.05. The molecule has 2 amide bonds. The molecule has 0 saturated carbocycles. The predicted molar refractivity (Wildman–Crippen MR) is 103 cm³/mol. The molecule has 7 heteroatoms. The van der Waals surface area contributed by atoms with Gasteiger partial charge in [-0.25, -0.2) is 0 Å². The number of fused-ring (bicyclic) bond motifs is 1. The summed E-state index contributed by atoms with van der Waals surface area (Å²) in [5, 5.41) is 3.49. The third kappa shape index (κ3) is 4.52. The summed E-state index contributed by atoms with van der Waals surface area (Å²) in [6.45, 7) is 7.31. The van der Waals surface area contributed by atoms with Crippen LogP contribution < -0.4 is 16.8 Å². The first-order valence-corrected chi connectivity index (χ1v) is 10.2. The van der Waals surface area contributed by atoms with Gasteiger partial charge in [0.2, 0.25) is 5.91 Å². The summed E-state index contributed by atoms with van der Waals surface area (Å²) in [5.41, 5.74) is 12.8. The van der Waals surface area contributed by atoms with Crippen LogP contribution in [0.2, 0.25) is 0 Å². The lowest BCUT2D eigenvalue weighted by atomic mass is 9.72. The summed E-state index contributed by atoms with van der Waals surface area (Å²) in [4.78, 5) is 25.2. The molecule has 1 aromatic heterocycles. The third-order valence-corrected chi connectivity index (χ3v) is 6.65. The Morgan fingerprint density at radius 1 is 1.38 bits per heavy atom. The van der Waals surface area contributed by atoms with Gasteiger partial charge in [0.15, 0.2) is 0 Å². The number of amides is 2. The van der Waals surface area contributed by atoms with Crippen LogP contribution in [0.15, 0.2) is 0 Å². The van der Waals surface area contributed by atoms with Crippen molar-refractivity contribution in [2.75, 3.05) is 23.4 Å². The number of primary amides is 1. The molecule has 0 saturated heterocycles. The van der Waals surface area contributed by atoms with Crippen LogP contribution in [0.1, 0.15) is 48.0 Å². The van der Waals surface area contributed by atoms with Crippen molar-refractivity contribution in [3.8, 4) is 0 Å². The van der Waals surface area contributed by atoms with Crippen LogP contribution in [-0.2, 0) is 17.6 Å². The van der Waals surface area contributed by atoms with Crippen molar-refractivity contribution < 1.29 is 9.59 Å². The molecule has 0 spiro atoms. The first kappa shape index (κ1) is 19.3. The lowest BCUT2D eigenvalue weighted by Gasteiger charge is -2.33. The minimum atomic E-state index is -0.452. The summed E-state index contributed by atoms with van der Waals surface area (Å²) in [7, 11) is 0. The second kappa shape index (κ2) is 7.89. The van der Waals surface area contributed by atoms with Gasteiger partial charge in [-0.15, -0.1) is 11.3 Å². The van der Waals surface area contributed by atoms with Crippen LogP contribution in [0.4, 0.5) is 5.00 Å². The predicted octanol–water partition coefficient (Wildman–Crippen LogP) is 2.63. The lowest BCUT2D eigenvalue weighted by molar-refractivity contribution is -0.113. The van der Waals surface area contributed by atoms with E-state index in [0.717, 1.165) is 30.6 Å². The Bertz CT molecular complexity index is 620. The number of anilines is 1. The minimum absolute atomic E-state index is 0.109. The van der Waals surface area contributed by atoms with Gasteiger partial charge in [0.05, 0.1) is 11.3 Å². The van der Waals surface area contributed by atoms with E-state index in [9.17, 15) is 9.59 Å². The number of thiophene rings is 1. The van der Waals surface area contributed by atoms with Crippen LogP contribution in [0.25, 0.3) is 0 Å². The zero-order valence-corrected chi connectivity index (χ0v) is 16.2. The fraction of sp³-hybridized carbons (Fsp3) is 0.647. The van der Waals surface area contributed by atoms with Gasteiger partial charge in [-0.2, -0.15) is 11.8 Å². The average Bonchev–Trinajstić information content (AvgIpc) is 2.83. The monoisotopic (exact) mass is 369 g/mol. The highest BCUT2D eigenvalue weighted by atomic mass is 32.2. The SMILES string of the molecule is CC(C)(C)C1CCc2c(sc(NC(=O)CSCCN)c2C(N)=O)C1. The second-order valence-corrected chi connectivity index (χ2v) is 9.48. The summed E-state index contributed by atoms with van der Waals surface area (Å²) in [6.07, 6.45) is 2.85. The molecule has 0 aliphatic heterocycles. The van der Waals surface area contributed by atoms with Crippen molar-refractivity contribution in [2.45, 2.75) is 40.0 Å². The summed E-state index contributed by atoms with van der Waals surface area (Å²) >= 11 is 3.00. The molecule has 0 fully saturated rings. The van der Waals surface area contributed by atoms with Crippen molar-refractivity contribution in [2.24, 2.45) is 22.8 Å². The van der Waals surface area contributed by atoms with E-state index in [-0.39, 0.29) is 11.3 Å². The molecule has 2 rings (SSSR count). The van der Waals surface area contributed by atoms with E-state index in [1.54, 1.807) is 0 Å². The Kier molecular flexibility index (Phi) is 6.33. The largest absolute Gasteiger partial charge is 0.365 e. The number of rotatable bonds is 6. The van der Waals surface area contributed by atoms with Gasteiger partial charge in [0, 0.05) is 17.2 Å². The fourth-order valence-electron chi connectivity index (χ4n) is 3.08. The van der Waals surface area contributed by atoms with Crippen molar-refractivity contribution in [1.82, 2.24) is 0 Å². The molecule has 0 bridgehead atoms. The fourth-order valence-corrected chi connectivity index (χ4v) is 5.00. The molecular weight excluding hydrogens is 342 g/mol. The number of hydrogen-bond acceptors (Lipinski definition) is 5. The molecule has 0 radical (unpaired) electrons. The Balaban J connectivity index is 2.20. The Labute approximate surface area is 151 Å². The molecule has 24 heavy (non-hydrogen) atoms. The topological polar surface area (TPSA) is 98.2 Å². The molecule has 1 heterocycles. The van der Waals surface area contributed by atoms with Crippen LogP contribution in [-0.4, -0.2) is 29.9 Å². The molecule has 1 aliphatic rings. The summed E-state index contributed by atoms with van der Waals surface area (Å²) in [5.74, 6) is 1.09. The highest BCUT2D eigenvalue weighted by Crippen LogP contribution is 2.44. The molecule has 1 aromatic rings. The molecule has 5 N–H and O–H groups in total. The maximum atomic E-state index is 12.1. The highest BCUT2D eigenvalue weighted by molar-refractivity contribution is 7.99. The summed E-state index contributed by atoms with van der Waals surface area (Å²) in [6, 6.07) is 0. The van der Waals surface area contributed by atoms with E-state index in [1.165, 1.54) is 28.0 Å². The van der Waals surface area contributed by atoms with E-state index < -0.39 is 5.91 Å². The Morgan fingerprint density at radius 3 is 2.67 bits per heavy atom. The van der Waals surface area contributed by atoms with E-state index in [1.807, 2.05) is 0 Å². The first-order valence-electron chi connectivity index (χ1n) is 8.26. The van der Waals surface area contributed by atoms with Gasteiger partial charge in [0.1, 0.15) is 5.00 Å². The molecule has 134 valence electrons. The zero-order valence-electron chi connectivity index (χ0n) is 14.6. The van der Waals surface area contributed by atoms with Gasteiger partial charge in [0.25, 0.3) is 5.91 Å². The van der Waals surface area contributed by atoms with E-state index >= 15 is 0 Å². The van der Waals surface area contributed by atoms with Gasteiger partial charge in [-0.3, -0.25) is 9.59 Å². The van der Waals surface area contributed by atoms with E-state index in [2.05, 4.69) is 26.1 Å². The molecule has 1 atom stereocenters. The number of carbonyl (C=O) groups excluding carboxylic acids is 2. The quantitative estimate of drug-likeness (QED) is 0.671. The van der Waals surface area contributed by atoms with Crippen LogP contribution in [0.5, 0.6) is 0 Å². The zero-order chi connectivity index (χ0) is 17.9. The van der Waals surface area contributed by atoms with Crippen molar-refractivity contribution in [3.63, 3.8) is 0 Å². The lowest BCUT2D eigenvalue weighted by Crippen LogP contribution is -2.27. The van der Waals surface area contributed by atoms with E-state index in [4.69, 9.17) is 11.5 Å². The number of carbonyl (C=O) groups is 2. The normalized spacial score (nSPS) is 17.4. The molecule has 5 nitrogen and oxygen atoms in total. The minimum Gasteiger partial charge on any atom is -0.365 e. The standard InChI is InChI=1S/C17H27N3O2S2/c1-17(2,3)10-4-5-11-12(8-10)24-16(14(11)15(19)22)20-13(21)9-23-7-6-18/h10H,4-9,18H2,1-3H3,(H2,19,22)(H,20,21). The van der Waals surface area contributed by atoms with Gasteiger partial charge < -0.3 is 16.8 Å². The van der Waals surface area contributed by atoms with Crippen molar-refractivity contribution in [3.05, 3.63) is 16.0 Å². The molecule has 0 aromatic carbocycles. The molecular formula is C17H27N3O2S2. The molecule has 1 aliphatic carbocycles. The number of nitrogens with one attached hydrogen (secondary N) is 1. The van der Waals surface area contributed by atoms with Crippen LogP contribution in [0.3, 0.4) is 0 Å². The maximum absolute atomic E-state index is 12.1. The van der Waals surface area contributed by atoms with Crippen molar-refractivity contribution in [1.29, 1.82) is 0 Å². The third-order valence-electron chi connectivity index (χ3n) is 4.48. The Morgan fingerprint density at radius 2 is 2.08 bits per heavy atom. The number of nitrogens with two attached hydrogens (primary N) is 2. The maximum Gasteiger partial charge on any atom is 0.251 e. The average molecular weight is 370 g/mol. The van der Waals surface area contributed by atoms with E-state index in [0.29, 0.717) is 28.8 Å². The van der Waals surface area contributed by atoms with Gasteiger partial charge in [-0.05, 0) is 36.2 Å². The van der Waals surface area contributed by atoms with Gasteiger partial charge >= 0.3 is 0 Å². The summed E-state index contributed by atoms with van der Waals surface area (Å²) < 4.78 is 0. The van der Waals surface area contributed by atoms with Crippen LogP contribution >= 0.6 is 23.1 Å². The highest BCUT2D eigenvalue weighted by Gasteiger charge is 2.33. The number of hydrogen-bond donors (Lipinski definition) is 3. The smallest absolute Gasteiger partial charge is 0.251 e. The van der Waals surface area contributed by atoms with Crippen molar-refractivity contribution >= 4 is 39.9 Å². The first-order chi connectivity index (χ1) is 11.2. The molecule has 1 unspecified atom stereocenters. The second-order valence-electron chi connectivity index (χ2n) is 7.27.